The minimum absolute atomic E-state index is 0.0749. The van der Waals surface area contributed by atoms with E-state index in [1.807, 2.05) is 0 Å². The highest BCUT2D eigenvalue weighted by Gasteiger charge is 2.42. The van der Waals surface area contributed by atoms with Crippen molar-refractivity contribution >= 4 is 15.7 Å². The molecule has 0 aromatic rings. The third-order valence-corrected chi connectivity index (χ3v) is 7.03. The Hall–Kier alpha value is -0.620. The van der Waals surface area contributed by atoms with Crippen LogP contribution in [-0.4, -0.2) is 49.9 Å². The molecule has 114 valence electrons. The van der Waals surface area contributed by atoms with E-state index in [1.165, 1.54) is 6.42 Å². The van der Waals surface area contributed by atoms with Crippen LogP contribution in [-0.2, 0) is 14.6 Å². The Morgan fingerprint density at radius 1 is 1.05 bits per heavy atom. The second-order valence-corrected chi connectivity index (χ2v) is 8.98. The van der Waals surface area contributed by atoms with Crippen LogP contribution < -0.4 is 5.73 Å². The number of sulfone groups is 1. The molecule has 2 unspecified atom stereocenters. The van der Waals surface area contributed by atoms with Gasteiger partial charge in [0.1, 0.15) is 0 Å². The molecular weight excluding hydrogens is 276 g/mol. The Bertz CT molecular complexity index is 463. The third-order valence-electron chi connectivity index (χ3n) is 5.42. The van der Waals surface area contributed by atoms with Crippen molar-refractivity contribution in [2.45, 2.75) is 38.1 Å². The van der Waals surface area contributed by atoms with Crippen LogP contribution in [0.1, 0.15) is 32.1 Å². The summed E-state index contributed by atoms with van der Waals surface area (Å²) in [6.45, 7) is 0.748. The van der Waals surface area contributed by atoms with Gasteiger partial charge in [0.15, 0.2) is 9.84 Å². The molecule has 3 aliphatic rings. The molecule has 0 aromatic heterocycles. The molecule has 20 heavy (non-hydrogen) atoms. The number of hydrogen-bond donors (Lipinski definition) is 1. The number of nitrogens with two attached hydrogens (primary N) is 1. The Morgan fingerprint density at radius 3 is 2.15 bits per heavy atom. The molecule has 2 bridgehead atoms. The first-order valence-electron chi connectivity index (χ1n) is 7.71. The molecule has 3 fully saturated rings. The highest BCUT2D eigenvalue weighted by molar-refractivity contribution is 7.91. The fraction of sp³-hybridized carbons (Fsp3) is 0.929. The molecule has 1 heterocycles. The lowest BCUT2D eigenvalue weighted by Gasteiger charge is -2.44. The molecular formula is C14H24N2O3S. The summed E-state index contributed by atoms with van der Waals surface area (Å²) in [5.41, 5.74) is 6.26. The molecule has 0 aromatic carbocycles. The lowest BCUT2D eigenvalue weighted by Crippen LogP contribution is -2.52. The van der Waals surface area contributed by atoms with E-state index in [2.05, 4.69) is 0 Å². The number of amides is 1. The number of carbonyl (C=O) groups is 1. The van der Waals surface area contributed by atoms with Gasteiger partial charge in [-0.05, 0) is 37.5 Å². The van der Waals surface area contributed by atoms with Crippen molar-refractivity contribution in [3.8, 4) is 0 Å². The maximum atomic E-state index is 12.6. The highest BCUT2D eigenvalue weighted by atomic mass is 32.2. The summed E-state index contributed by atoms with van der Waals surface area (Å²) in [7, 11) is -2.92. The molecule has 6 heteroatoms. The Balaban J connectivity index is 1.64. The number of hydrogen-bond acceptors (Lipinski definition) is 4. The molecule has 1 amide bonds. The van der Waals surface area contributed by atoms with E-state index in [0.29, 0.717) is 24.9 Å². The van der Waals surface area contributed by atoms with Gasteiger partial charge in [-0.2, -0.15) is 0 Å². The zero-order valence-electron chi connectivity index (χ0n) is 11.8. The molecule has 2 saturated carbocycles. The molecule has 5 nitrogen and oxygen atoms in total. The van der Waals surface area contributed by atoms with Crippen LogP contribution in [0.4, 0.5) is 0 Å². The normalized spacial score (nSPS) is 40.4. The average Bonchev–Trinajstić information content (AvgIpc) is 2.37. The first kappa shape index (κ1) is 14.3. The van der Waals surface area contributed by atoms with Gasteiger partial charge < -0.3 is 10.6 Å². The van der Waals surface area contributed by atoms with Gasteiger partial charge in [0.05, 0.1) is 11.5 Å². The number of carbonyl (C=O) groups excluding carboxylic acids is 1. The van der Waals surface area contributed by atoms with Crippen LogP contribution in [0.2, 0.25) is 0 Å². The van der Waals surface area contributed by atoms with Gasteiger partial charge in [0.25, 0.3) is 0 Å². The summed E-state index contributed by atoms with van der Waals surface area (Å²) in [6.07, 6.45) is 5.34. The van der Waals surface area contributed by atoms with E-state index in [1.54, 1.807) is 4.90 Å². The van der Waals surface area contributed by atoms with E-state index >= 15 is 0 Å². The van der Waals surface area contributed by atoms with E-state index < -0.39 is 9.84 Å². The first-order valence-corrected chi connectivity index (χ1v) is 9.53. The van der Waals surface area contributed by atoms with Gasteiger partial charge >= 0.3 is 0 Å². The van der Waals surface area contributed by atoms with Crippen LogP contribution in [0.15, 0.2) is 0 Å². The van der Waals surface area contributed by atoms with Crippen LogP contribution in [0.3, 0.4) is 0 Å². The van der Waals surface area contributed by atoms with E-state index in [9.17, 15) is 13.2 Å². The molecule has 3 rings (SSSR count). The van der Waals surface area contributed by atoms with Crippen LogP contribution in [0.5, 0.6) is 0 Å². The van der Waals surface area contributed by atoms with Crippen LogP contribution in [0.25, 0.3) is 0 Å². The van der Waals surface area contributed by atoms with Crippen molar-refractivity contribution in [3.05, 3.63) is 0 Å². The smallest absolute Gasteiger partial charge is 0.225 e. The molecule has 2 atom stereocenters. The second-order valence-electron chi connectivity index (χ2n) is 6.67. The zero-order chi connectivity index (χ0) is 14.3. The molecule has 2 N–H and O–H groups in total. The minimum atomic E-state index is -2.92. The molecule has 2 aliphatic carbocycles. The summed E-state index contributed by atoms with van der Waals surface area (Å²) < 4.78 is 22.9. The largest absolute Gasteiger partial charge is 0.340 e. The number of rotatable bonds is 1. The fourth-order valence-electron chi connectivity index (χ4n) is 4.18. The van der Waals surface area contributed by atoms with Crippen LogP contribution in [0, 0.1) is 17.8 Å². The van der Waals surface area contributed by atoms with Gasteiger partial charge in [0, 0.05) is 25.0 Å². The molecule has 1 saturated heterocycles. The molecule has 0 radical (unpaired) electrons. The third kappa shape index (κ3) is 2.72. The average molecular weight is 300 g/mol. The first-order chi connectivity index (χ1) is 9.46. The van der Waals surface area contributed by atoms with Crippen molar-refractivity contribution in [2.75, 3.05) is 24.6 Å². The van der Waals surface area contributed by atoms with Gasteiger partial charge in [-0.1, -0.05) is 6.42 Å². The lowest BCUT2D eigenvalue weighted by molar-refractivity contribution is -0.138. The van der Waals surface area contributed by atoms with Gasteiger partial charge in [-0.25, -0.2) is 8.42 Å². The standard InChI is InChI=1S/C14H24N2O3S/c15-13-10-2-1-3-11(13)9-12(8-10)14(17)16-4-6-20(18,19)7-5-16/h10-13H,1-9,15H2. The maximum absolute atomic E-state index is 12.6. The van der Waals surface area contributed by atoms with Gasteiger partial charge in [-0.3, -0.25) is 4.79 Å². The summed E-state index contributed by atoms with van der Waals surface area (Å²) in [5.74, 6) is 1.47. The van der Waals surface area contributed by atoms with Crippen molar-refractivity contribution in [1.82, 2.24) is 4.90 Å². The molecule has 0 spiro atoms. The zero-order valence-corrected chi connectivity index (χ0v) is 12.6. The lowest BCUT2D eigenvalue weighted by atomic mass is 9.65. The quantitative estimate of drug-likeness (QED) is 0.760. The minimum Gasteiger partial charge on any atom is -0.340 e. The van der Waals surface area contributed by atoms with Crippen molar-refractivity contribution < 1.29 is 13.2 Å². The van der Waals surface area contributed by atoms with Crippen LogP contribution >= 0.6 is 0 Å². The Kier molecular flexibility index (Phi) is 3.79. The van der Waals surface area contributed by atoms with E-state index in [0.717, 1.165) is 25.7 Å². The number of fused-ring (bicyclic) bond motifs is 2. The molecule has 1 aliphatic heterocycles. The Morgan fingerprint density at radius 2 is 1.60 bits per heavy atom. The fourth-order valence-corrected chi connectivity index (χ4v) is 5.38. The monoisotopic (exact) mass is 300 g/mol. The van der Waals surface area contributed by atoms with Crippen molar-refractivity contribution in [3.63, 3.8) is 0 Å². The van der Waals surface area contributed by atoms with Gasteiger partial charge in [0.2, 0.25) is 5.91 Å². The maximum Gasteiger partial charge on any atom is 0.225 e. The van der Waals surface area contributed by atoms with Gasteiger partial charge in [-0.15, -0.1) is 0 Å². The van der Waals surface area contributed by atoms with E-state index in [-0.39, 0.29) is 29.4 Å². The van der Waals surface area contributed by atoms with E-state index in [4.69, 9.17) is 5.73 Å². The SMILES string of the molecule is NC1C2CCCC1CC(C(=O)N1CCS(=O)(=O)CC1)C2. The topological polar surface area (TPSA) is 80.5 Å². The Labute approximate surface area is 120 Å². The summed E-state index contributed by atoms with van der Waals surface area (Å²) in [4.78, 5) is 14.4. The summed E-state index contributed by atoms with van der Waals surface area (Å²) in [6, 6.07) is 0.273. The highest BCUT2D eigenvalue weighted by Crippen LogP contribution is 2.42. The van der Waals surface area contributed by atoms with Crippen molar-refractivity contribution in [2.24, 2.45) is 23.5 Å². The summed E-state index contributed by atoms with van der Waals surface area (Å²) in [5, 5.41) is 0. The summed E-state index contributed by atoms with van der Waals surface area (Å²) >= 11 is 0. The number of nitrogens with zero attached hydrogens (tertiary/aromatic N) is 1. The second kappa shape index (κ2) is 5.30. The predicted molar refractivity (Wildman–Crippen MR) is 76.8 cm³/mol. The van der Waals surface area contributed by atoms with Crippen molar-refractivity contribution in [1.29, 1.82) is 0 Å². The predicted octanol–water partition coefficient (Wildman–Crippen LogP) is 0.397.